The second kappa shape index (κ2) is 10.2. The van der Waals surface area contributed by atoms with Gasteiger partial charge in [-0.15, -0.1) is 0 Å². The van der Waals surface area contributed by atoms with E-state index in [0.717, 1.165) is 30.0 Å². The fourth-order valence-electron chi connectivity index (χ4n) is 1.87. The van der Waals surface area contributed by atoms with Gasteiger partial charge in [-0.2, -0.15) is 11.8 Å². The Balaban J connectivity index is 2.20. The highest BCUT2D eigenvalue weighted by molar-refractivity contribution is 7.99. The Hall–Kier alpha value is -0.550. The molecule has 114 valence electrons. The van der Waals surface area contributed by atoms with E-state index in [1.54, 1.807) is 0 Å². The quantitative estimate of drug-likeness (QED) is 0.581. The molecule has 0 heterocycles. The SMILES string of the molecule is CC(C)c1ccc(C(O)CNCCSCCCO)cc1. The average molecular weight is 297 g/mol. The normalized spacial score (nSPS) is 12.8. The first kappa shape index (κ1) is 17.5. The molecule has 0 spiro atoms. The lowest BCUT2D eigenvalue weighted by molar-refractivity contribution is 0.175. The van der Waals surface area contributed by atoms with E-state index >= 15 is 0 Å². The molecule has 0 amide bonds. The smallest absolute Gasteiger partial charge is 0.0914 e. The van der Waals surface area contributed by atoms with Gasteiger partial charge in [0.05, 0.1) is 6.10 Å². The molecule has 1 unspecified atom stereocenters. The maximum absolute atomic E-state index is 10.1. The monoisotopic (exact) mass is 297 g/mol. The van der Waals surface area contributed by atoms with Crippen LogP contribution in [-0.4, -0.2) is 41.4 Å². The molecule has 0 aliphatic carbocycles. The van der Waals surface area contributed by atoms with Crippen LogP contribution in [-0.2, 0) is 0 Å². The Morgan fingerprint density at radius 1 is 1.10 bits per heavy atom. The molecule has 0 saturated carbocycles. The van der Waals surface area contributed by atoms with Crippen molar-refractivity contribution in [1.82, 2.24) is 5.32 Å². The first-order chi connectivity index (χ1) is 9.65. The van der Waals surface area contributed by atoms with Crippen LogP contribution < -0.4 is 5.32 Å². The molecule has 0 bridgehead atoms. The van der Waals surface area contributed by atoms with Gasteiger partial charge < -0.3 is 15.5 Å². The molecule has 1 atom stereocenters. The molecule has 20 heavy (non-hydrogen) atoms. The molecule has 0 radical (unpaired) electrons. The summed E-state index contributed by atoms with van der Waals surface area (Å²) in [5.41, 5.74) is 2.27. The van der Waals surface area contributed by atoms with E-state index in [1.807, 2.05) is 23.9 Å². The molecule has 0 fully saturated rings. The topological polar surface area (TPSA) is 52.5 Å². The lowest BCUT2D eigenvalue weighted by atomic mass is 10.00. The number of thioether (sulfide) groups is 1. The molecule has 1 aromatic carbocycles. The average Bonchev–Trinajstić information content (AvgIpc) is 2.46. The van der Waals surface area contributed by atoms with Crippen molar-refractivity contribution in [2.45, 2.75) is 32.3 Å². The summed E-state index contributed by atoms with van der Waals surface area (Å²) < 4.78 is 0. The first-order valence-electron chi connectivity index (χ1n) is 7.32. The lowest BCUT2D eigenvalue weighted by Crippen LogP contribution is -2.23. The van der Waals surface area contributed by atoms with E-state index in [0.29, 0.717) is 12.5 Å². The second-order valence-corrected chi connectivity index (χ2v) is 6.46. The van der Waals surface area contributed by atoms with Crippen LogP contribution in [0, 0.1) is 0 Å². The highest BCUT2D eigenvalue weighted by atomic mass is 32.2. The van der Waals surface area contributed by atoms with Crippen molar-refractivity contribution in [3.63, 3.8) is 0 Å². The number of rotatable bonds is 10. The van der Waals surface area contributed by atoms with Gasteiger partial charge in [-0.05, 0) is 29.2 Å². The van der Waals surface area contributed by atoms with Gasteiger partial charge in [0.25, 0.3) is 0 Å². The predicted octanol–water partition coefficient (Wildman–Crippen LogP) is 2.55. The van der Waals surface area contributed by atoms with Gasteiger partial charge >= 0.3 is 0 Å². The maximum atomic E-state index is 10.1. The zero-order valence-corrected chi connectivity index (χ0v) is 13.3. The summed E-state index contributed by atoms with van der Waals surface area (Å²) in [5.74, 6) is 2.53. The number of hydrogen-bond donors (Lipinski definition) is 3. The van der Waals surface area contributed by atoms with Crippen molar-refractivity contribution < 1.29 is 10.2 Å². The highest BCUT2D eigenvalue weighted by Gasteiger charge is 2.07. The zero-order valence-electron chi connectivity index (χ0n) is 12.5. The van der Waals surface area contributed by atoms with Crippen molar-refractivity contribution in [2.24, 2.45) is 0 Å². The molecule has 0 aliphatic rings. The Kier molecular flexibility index (Phi) is 8.94. The summed E-state index contributed by atoms with van der Waals surface area (Å²) in [6, 6.07) is 8.21. The minimum Gasteiger partial charge on any atom is -0.396 e. The highest BCUT2D eigenvalue weighted by Crippen LogP contribution is 2.18. The third-order valence-electron chi connectivity index (χ3n) is 3.20. The molecule has 1 aromatic rings. The standard InChI is InChI=1S/C16H27NO2S/c1-13(2)14-4-6-15(7-5-14)16(19)12-17-8-11-20-10-3-9-18/h4-7,13,16-19H,3,8-12H2,1-2H3. The minimum absolute atomic E-state index is 0.269. The van der Waals surface area contributed by atoms with E-state index in [2.05, 4.69) is 31.3 Å². The van der Waals surface area contributed by atoms with Crippen LogP contribution >= 0.6 is 11.8 Å². The van der Waals surface area contributed by atoms with Gasteiger partial charge in [-0.25, -0.2) is 0 Å². The predicted molar refractivity (Wildman–Crippen MR) is 87.4 cm³/mol. The molecule has 0 aliphatic heterocycles. The van der Waals surface area contributed by atoms with Gasteiger partial charge in [0.15, 0.2) is 0 Å². The number of nitrogens with one attached hydrogen (secondary N) is 1. The summed E-state index contributed by atoms with van der Waals surface area (Å²) in [7, 11) is 0. The van der Waals surface area contributed by atoms with Crippen LogP contribution in [0.25, 0.3) is 0 Å². The molecule has 3 N–H and O–H groups in total. The Bertz CT molecular complexity index is 354. The van der Waals surface area contributed by atoms with Crippen LogP contribution in [0.4, 0.5) is 0 Å². The van der Waals surface area contributed by atoms with E-state index in [1.165, 1.54) is 5.56 Å². The van der Waals surface area contributed by atoms with Gasteiger partial charge in [-0.1, -0.05) is 38.1 Å². The van der Waals surface area contributed by atoms with Gasteiger partial charge in [-0.3, -0.25) is 0 Å². The van der Waals surface area contributed by atoms with Crippen molar-refractivity contribution in [3.8, 4) is 0 Å². The van der Waals surface area contributed by atoms with Gasteiger partial charge in [0.2, 0.25) is 0 Å². The van der Waals surface area contributed by atoms with Crippen molar-refractivity contribution in [1.29, 1.82) is 0 Å². The molecule has 1 rings (SSSR count). The summed E-state index contributed by atoms with van der Waals surface area (Å²) in [6.45, 7) is 6.08. The summed E-state index contributed by atoms with van der Waals surface area (Å²) >= 11 is 1.83. The lowest BCUT2D eigenvalue weighted by Gasteiger charge is -2.13. The first-order valence-corrected chi connectivity index (χ1v) is 8.48. The summed E-state index contributed by atoms with van der Waals surface area (Å²) in [4.78, 5) is 0. The van der Waals surface area contributed by atoms with Crippen LogP contribution in [0.5, 0.6) is 0 Å². The van der Waals surface area contributed by atoms with Crippen molar-refractivity contribution in [3.05, 3.63) is 35.4 Å². The van der Waals surface area contributed by atoms with Crippen molar-refractivity contribution >= 4 is 11.8 Å². The van der Waals surface area contributed by atoms with Crippen LogP contribution in [0.2, 0.25) is 0 Å². The Morgan fingerprint density at radius 2 is 1.75 bits per heavy atom. The number of hydrogen-bond acceptors (Lipinski definition) is 4. The molecule has 3 nitrogen and oxygen atoms in total. The fourth-order valence-corrected chi connectivity index (χ4v) is 2.70. The Morgan fingerprint density at radius 3 is 2.35 bits per heavy atom. The zero-order chi connectivity index (χ0) is 14.8. The second-order valence-electron chi connectivity index (χ2n) is 5.23. The van der Waals surface area contributed by atoms with Gasteiger partial charge in [0.1, 0.15) is 0 Å². The van der Waals surface area contributed by atoms with E-state index in [4.69, 9.17) is 5.11 Å². The van der Waals surface area contributed by atoms with Crippen LogP contribution in [0.15, 0.2) is 24.3 Å². The van der Waals surface area contributed by atoms with Gasteiger partial charge in [0, 0.05) is 25.4 Å². The van der Waals surface area contributed by atoms with E-state index in [9.17, 15) is 5.11 Å². The summed E-state index contributed by atoms with van der Waals surface area (Å²) in [5, 5.41) is 22.0. The van der Waals surface area contributed by atoms with E-state index < -0.39 is 6.10 Å². The number of benzene rings is 1. The van der Waals surface area contributed by atoms with E-state index in [-0.39, 0.29) is 6.61 Å². The van der Waals surface area contributed by atoms with Crippen molar-refractivity contribution in [2.75, 3.05) is 31.2 Å². The maximum Gasteiger partial charge on any atom is 0.0914 e. The minimum atomic E-state index is -0.446. The summed E-state index contributed by atoms with van der Waals surface area (Å²) in [6.07, 6.45) is 0.411. The molecular formula is C16H27NO2S. The van der Waals surface area contributed by atoms with Crippen LogP contribution in [0.1, 0.15) is 43.4 Å². The third-order valence-corrected chi connectivity index (χ3v) is 4.27. The fraction of sp³-hybridized carbons (Fsp3) is 0.625. The molecule has 0 saturated heterocycles. The largest absolute Gasteiger partial charge is 0.396 e. The Labute approximate surface area is 126 Å². The molecule has 0 aromatic heterocycles. The van der Waals surface area contributed by atoms with Crippen LogP contribution in [0.3, 0.4) is 0 Å². The third kappa shape index (κ3) is 6.75. The number of aliphatic hydroxyl groups excluding tert-OH is 2. The number of aliphatic hydroxyl groups is 2. The molecule has 4 heteroatoms. The molecular weight excluding hydrogens is 270 g/mol.